The minimum absolute atomic E-state index is 0.0260. The van der Waals surface area contributed by atoms with Gasteiger partial charge in [-0.3, -0.25) is 14.4 Å². The third kappa shape index (κ3) is 6.48. The van der Waals surface area contributed by atoms with Gasteiger partial charge in [0.2, 0.25) is 17.7 Å². The average Bonchev–Trinajstić information content (AvgIpc) is 3.52. The molecule has 9 heteroatoms. The second-order valence-corrected chi connectivity index (χ2v) is 17.0. The smallest absolute Gasteiger partial charge is 0.244 e. The minimum atomic E-state index is -0.815. The van der Waals surface area contributed by atoms with Gasteiger partial charge in [0.15, 0.2) is 0 Å². The number of fused-ring (bicyclic) bond motifs is 1. The summed E-state index contributed by atoms with van der Waals surface area (Å²) >= 11 is 1.64. The van der Waals surface area contributed by atoms with E-state index in [0.717, 1.165) is 17.7 Å². The fourth-order valence-electron chi connectivity index (χ4n) is 8.39. The van der Waals surface area contributed by atoms with Crippen LogP contribution in [0.1, 0.15) is 73.3 Å². The van der Waals surface area contributed by atoms with E-state index in [1.54, 1.807) is 28.8 Å². The van der Waals surface area contributed by atoms with Gasteiger partial charge in [-0.15, -0.1) is 11.8 Å². The van der Waals surface area contributed by atoms with E-state index < -0.39 is 39.0 Å². The highest BCUT2D eigenvalue weighted by atomic mass is 32.2. The highest BCUT2D eigenvalue weighted by molar-refractivity contribution is 8.02. The van der Waals surface area contributed by atoms with E-state index in [2.05, 4.69) is 38.3 Å². The number of nitrogens with one attached hydrogen (secondary N) is 2. The summed E-state index contributed by atoms with van der Waals surface area (Å²) in [7, 11) is 0. The Bertz CT molecular complexity index is 1410. The topological polar surface area (TPSA) is 108 Å². The Morgan fingerprint density at radius 3 is 2.31 bits per heavy atom. The number of amides is 3. The zero-order chi connectivity index (χ0) is 32.8. The van der Waals surface area contributed by atoms with Crippen LogP contribution in [-0.4, -0.2) is 68.1 Å². The average molecular weight is 636 g/mol. The maximum absolute atomic E-state index is 14.7. The van der Waals surface area contributed by atoms with Crippen molar-refractivity contribution >= 4 is 35.2 Å². The van der Waals surface area contributed by atoms with E-state index in [1.807, 2.05) is 63.2 Å². The van der Waals surface area contributed by atoms with Gasteiger partial charge in [0.1, 0.15) is 11.8 Å². The van der Waals surface area contributed by atoms with Crippen LogP contribution in [0.5, 0.6) is 5.75 Å². The van der Waals surface area contributed by atoms with E-state index >= 15 is 0 Å². The minimum Gasteiger partial charge on any atom is -0.494 e. The molecule has 0 radical (unpaired) electrons. The Labute approximate surface area is 272 Å². The molecule has 8 nitrogen and oxygen atoms in total. The fraction of sp³-hybridized carbons (Fsp3) is 0.583. The number of ether oxygens (including phenoxy) is 1. The Morgan fingerprint density at radius 2 is 1.71 bits per heavy atom. The molecule has 3 amide bonds. The molecule has 0 aromatic heterocycles. The third-order valence-electron chi connectivity index (χ3n) is 9.53. The molecule has 1 spiro atoms. The molecule has 3 aliphatic rings. The molecule has 3 aliphatic heterocycles. The van der Waals surface area contributed by atoms with E-state index in [1.165, 1.54) is 0 Å². The van der Waals surface area contributed by atoms with Crippen molar-refractivity contribution in [2.45, 2.75) is 101 Å². The highest BCUT2D eigenvalue weighted by Gasteiger charge is 2.77. The van der Waals surface area contributed by atoms with Crippen molar-refractivity contribution in [2.75, 3.05) is 18.5 Å². The summed E-state index contributed by atoms with van der Waals surface area (Å²) in [5.74, 6) is -1.25. The first-order chi connectivity index (χ1) is 21.1. The van der Waals surface area contributed by atoms with Crippen LogP contribution in [0.15, 0.2) is 54.6 Å². The lowest BCUT2D eigenvalue weighted by molar-refractivity contribution is -0.143. The molecule has 2 unspecified atom stereocenters. The van der Waals surface area contributed by atoms with Crippen LogP contribution in [0.4, 0.5) is 5.69 Å². The van der Waals surface area contributed by atoms with E-state index in [-0.39, 0.29) is 29.7 Å². The Balaban J connectivity index is 1.51. The lowest BCUT2D eigenvalue weighted by atomic mass is 9.66. The standard InChI is InChI=1S/C36H49N3O5S/c1-8-44-26-16-14-24(15-17-26)37-30(41)27-28-32(43)39(25(21-40)20-23-12-10-9-11-13-23)29(36(28)19-18-35(27,7)45-36)31(42)38-34(5,6)22-33(2,3)4/h9-17,25,27-29,40H,8,18-22H2,1-7H3,(H,37,41)(H,38,42)/t25-,27+,28+,29?,35-,36?/m1/s1. The van der Waals surface area contributed by atoms with Crippen molar-refractivity contribution in [3.05, 3.63) is 60.2 Å². The summed E-state index contributed by atoms with van der Waals surface area (Å²) in [6, 6.07) is 15.6. The van der Waals surface area contributed by atoms with Crippen LogP contribution < -0.4 is 15.4 Å². The predicted molar refractivity (Wildman–Crippen MR) is 179 cm³/mol. The number of carbonyl (C=O) groups excluding carboxylic acids is 3. The molecular weight excluding hydrogens is 586 g/mol. The normalized spacial score (nSPS) is 28.1. The van der Waals surface area contributed by atoms with Crippen molar-refractivity contribution in [1.29, 1.82) is 0 Å². The van der Waals surface area contributed by atoms with Gasteiger partial charge >= 0.3 is 0 Å². The largest absolute Gasteiger partial charge is 0.494 e. The maximum Gasteiger partial charge on any atom is 0.244 e. The predicted octanol–water partition coefficient (Wildman–Crippen LogP) is 5.44. The molecule has 0 saturated carbocycles. The highest BCUT2D eigenvalue weighted by Crippen LogP contribution is 2.71. The summed E-state index contributed by atoms with van der Waals surface area (Å²) in [5, 5.41) is 17.1. The summed E-state index contributed by atoms with van der Waals surface area (Å²) in [5.41, 5.74) is 1.05. The summed E-state index contributed by atoms with van der Waals surface area (Å²) < 4.78 is 4.27. The molecule has 3 N–H and O–H groups in total. The van der Waals surface area contributed by atoms with Gasteiger partial charge in [-0.1, -0.05) is 51.1 Å². The Morgan fingerprint density at radius 1 is 1.04 bits per heavy atom. The lowest BCUT2D eigenvalue weighted by Gasteiger charge is -2.40. The number of benzene rings is 2. The number of nitrogens with zero attached hydrogens (tertiary/aromatic N) is 1. The second-order valence-electron chi connectivity index (χ2n) is 15.1. The second kappa shape index (κ2) is 12.3. The number of thioether (sulfide) groups is 1. The van der Waals surface area contributed by atoms with Crippen molar-refractivity contribution < 1.29 is 24.2 Å². The maximum atomic E-state index is 14.7. The van der Waals surface area contributed by atoms with Gasteiger partial charge in [0.05, 0.1) is 35.8 Å². The summed E-state index contributed by atoms with van der Waals surface area (Å²) in [6.07, 6.45) is 2.52. The molecule has 6 atom stereocenters. The zero-order valence-corrected chi connectivity index (χ0v) is 28.5. The van der Waals surface area contributed by atoms with E-state index in [4.69, 9.17) is 4.74 Å². The quantitative estimate of drug-likeness (QED) is 0.304. The van der Waals surface area contributed by atoms with Gasteiger partial charge in [0, 0.05) is 16.0 Å². The number of rotatable bonds is 11. The Kier molecular flexibility index (Phi) is 9.10. The van der Waals surface area contributed by atoms with Crippen molar-refractivity contribution in [2.24, 2.45) is 17.3 Å². The first-order valence-electron chi connectivity index (χ1n) is 16.2. The summed E-state index contributed by atoms with van der Waals surface area (Å²) in [6.45, 7) is 14.7. The van der Waals surface area contributed by atoms with Crippen LogP contribution in [0.2, 0.25) is 0 Å². The molecule has 3 fully saturated rings. The van der Waals surface area contributed by atoms with Crippen LogP contribution >= 0.6 is 11.8 Å². The van der Waals surface area contributed by atoms with Gasteiger partial charge in [-0.05, 0) is 88.6 Å². The molecule has 0 aliphatic carbocycles. The van der Waals surface area contributed by atoms with Gasteiger partial charge < -0.3 is 25.4 Å². The van der Waals surface area contributed by atoms with Crippen molar-refractivity contribution in [3.8, 4) is 5.75 Å². The molecule has 5 rings (SSSR count). The van der Waals surface area contributed by atoms with Crippen molar-refractivity contribution in [1.82, 2.24) is 10.2 Å². The van der Waals surface area contributed by atoms with Crippen LogP contribution in [0, 0.1) is 17.3 Å². The number of hydrogen-bond donors (Lipinski definition) is 3. The van der Waals surface area contributed by atoms with Gasteiger partial charge in [-0.2, -0.15) is 0 Å². The van der Waals surface area contributed by atoms with Crippen LogP contribution in [0.25, 0.3) is 0 Å². The van der Waals surface area contributed by atoms with Crippen LogP contribution in [-0.2, 0) is 20.8 Å². The number of anilines is 1. The summed E-state index contributed by atoms with van der Waals surface area (Å²) in [4.78, 5) is 45.0. The lowest BCUT2D eigenvalue weighted by Crippen LogP contribution is -2.60. The Hall–Kier alpha value is -3.04. The number of aliphatic hydroxyl groups excluding tert-OH is 1. The first-order valence-corrected chi connectivity index (χ1v) is 17.0. The van der Waals surface area contributed by atoms with E-state index in [9.17, 15) is 19.5 Å². The van der Waals surface area contributed by atoms with Gasteiger partial charge in [0.25, 0.3) is 0 Å². The third-order valence-corrected chi connectivity index (χ3v) is 11.5. The van der Waals surface area contributed by atoms with E-state index in [0.29, 0.717) is 31.6 Å². The molecular formula is C36H49N3O5S. The number of aliphatic hydroxyl groups is 1. The van der Waals surface area contributed by atoms with Crippen molar-refractivity contribution in [3.63, 3.8) is 0 Å². The van der Waals surface area contributed by atoms with Gasteiger partial charge in [-0.25, -0.2) is 0 Å². The molecule has 3 heterocycles. The zero-order valence-electron chi connectivity index (χ0n) is 27.7. The number of likely N-dealkylation sites (tertiary alicyclic amines) is 1. The molecule has 2 aromatic carbocycles. The first kappa shape index (κ1) is 33.3. The number of hydrogen-bond acceptors (Lipinski definition) is 6. The van der Waals surface area contributed by atoms with Crippen LogP contribution in [0.3, 0.4) is 0 Å². The SMILES string of the molecule is CCOc1ccc(NC(=O)[C@@H]2[C@H]3C(=O)N([C@@H](CO)Cc4ccccc4)C(C(=O)NC(C)(C)CC(C)(C)C)C34CC[C@@]2(C)S4)cc1. The molecule has 3 saturated heterocycles. The monoisotopic (exact) mass is 635 g/mol. The molecule has 244 valence electrons. The molecule has 2 bridgehead atoms. The molecule has 2 aromatic rings. The fourth-order valence-corrected chi connectivity index (χ4v) is 10.7. The molecule has 45 heavy (non-hydrogen) atoms. The number of carbonyl (C=O) groups is 3.